The van der Waals surface area contributed by atoms with Gasteiger partial charge in [-0.15, -0.1) is 0 Å². The Morgan fingerprint density at radius 1 is 1.03 bits per heavy atom. The molecule has 3 aromatic rings. The van der Waals surface area contributed by atoms with Crippen molar-refractivity contribution in [2.24, 2.45) is 0 Å². The highest BCUT2D eigenvalue weighted by Gasteiger charge is 2.41. The molecule has 1 heterocycles. The number of carbonyl (C=O) groups is 2. The van der Waals surface area contributed by atoms with Crippen LogP contribution in [-0.2, 0) is 15.6 Å². The number of nitrogens with one attached hydrogen (secondary N) is 1. The van der Waals surface area contributed by atoms with Gasteiger partial charge in [0.05, 0.1) is 5.75 Å². The van der Waals surface area contributed by atoms with Gasteiger partial charge >= 0.3 is 12.1 Å². The Hall–Kier alpha value is -3.81. The first-order valence-corrected chi connectivity index (χ1v) is 10.0. The molecule has 0 spiro atoms. The van der Waals surface area contributed by atoms with E-state index in [9.17, 15) is 35.9 Å². The molecule has 7 nitrogen and oxygen atoms in total. The number of nitrogens with zero attached hydrogens (tertiary/aromatic N) is 2. The molecule has 0 aliphatic carbocycles. The number of ether oxygens (including phenoxy) is 1. The van der Waals surface area contributed by atoms with Gasteiger partial charge in [-0.3, -0.25) is 9.59 Å². The number of aromatic nitrogens is 2. The van der Waals surface area contributed by atoms with Crippen LogP contribution < -0.4 is 11.1 Å². The van der Waals surface area contributed by atoms with Gasteiger partial charge in [0.25, 0.3) is 5.91 Å². The Morgan fingerprint density at radius 2 is 1.71 bits per heavy atom. The van der Waals surface area contributed by atoms with Crippen molar-refractivity contribution in [1.29, 1.82) is 0 Å². The number of amides is 1. The zero-order valence-electron chi connectivity index (χ0n) is 16.6. The maximum Gasteiger partial charge on any atom is 0.431 e. The molecule has 1 amide bonds. The monoisotopic (exact) mass is 502 g/mol. The van der Waals surface area contributed by atoms with Gasteiger partial charge in [0.1, 0.15) is 22.8 Å². The van der Waals surface area contributed by atoms with E-state index in [0.29, 0.717) is 11.8 Å². The number of alkyl halides is 2. The van der Waals surface area contributed by atoms with Crippen molar-refractivity contribution in [3.8, 4) is 0 Å². The van der Waals surface area contributed by atoms with Gasteiger partial charge < -0.3 is 15.8 Å². The van der Waals surface area contributed by atoms with E-state index in [1.54, 1.807) is 0 Å². The maximum absolute atomic E-state index is 14.0. The van der Waals surface area contributed by atoms with E-state index in [1.807, 2.05) is 0 Å². The zero-order chi connectivity index (χ0) is 25.0. The average molecular weight is 502 g/mol. The number of benzene rings is 2. The molecule has 0 saturated heterocycles. The number of thioether (sulfide) groups is 1. The smallest absolute Gasteiger partial charge is 0.396 e. The third-order valence-electron chi connectivity index (χ3n) is 4.05. The van der Waals surface area contributed by atoms with E-state index >= 15 is 0 Å². The molecule has 0 bridgehead atoms. The number of carbonyl (C=O) groups excluding carboxylic acids is 2. The van der Waals surface area contributed by atoms with Crippen LogP contribution in [-0.4, -0.2) is 27.6 Å². The number of halogens is 6. The van der Waals surface area contributed by atoms with Crippen molar-refractivity contribution in [1.82, 2.24) is 9.97 Å². The second-order valence-corrected chi connectivity index (χ2v) is 7.36. The second kappa shape index (κ2) is 9.99. The number of hydrogen-bond donors (Lipinski definition) is 2. The molecule has 3 rings (SSSR count). The molecule has 1 aromatic heterocycles. The molecule has 0 radical (unpaired) electrons. The Morgan fingerprint density at radius 3 is 2.35 bits per heavy atom. The molecule has 0 fully saturated rings. The van der Waals surface area contributed by atoms with Crippen molar-refractivity contribution in [2.75, 3.05) is 16.8 Å². The Balaban J connectivity index is 1.61. The first-order chi connectivity index (χ1) is 16.0. The first kappa shape index (κ1) is 24.8. The summed E-state index contributed by atoms with van der Waals surface area (Å²) in [6, 6.07) is 5.37. The zero-order valence-corrected chi connectivity index (χ0v) is 17.4. The highest BCUT2D eigenvalue weighted by molar-refractivity contribution is 7.99. The summed E-state index contributed by atoms with van der Waals surface area (Å²) >= 11 is 0.503. The van der Waals surface area contributed by atoms with E-state index in [0.717, 1.165) is 18.3 Å². The fraction of sp³-hybridized carbons (Fsp3) is 0.100. The third kappa shape index (κ3) is 5.75. The van der Waals surface area contributed by atoms with Crippen LogP contribution in [0.25, 0.3) is 0 Å². The lowest BCUT2D eigenvalue weighted by atomic mass is 10.2. The summed E-state index contributed by atoms with van der Waals surface area (Å²) in [6.07, 6.45) is -3.57. The fourth-order valence-corrected chi connectivity index (χ4v) is 3.05. The van der Waals surface area contributed by atoms with Crippen molar-refractivity contribution in [3.63, 3.8) is 0 Å². The van der Waals surface area contributed by atoms with E-state index in [4.69, 9.17) is 5.73 Å². The molecule has 14 heteroatoms. The first-order valence-electron chi connectivity index (χ1n) is 9.04. The molecule has 0 unspecified atom stereocenters. The summed E-state index contributed by atoms with van der Waals surface area (Å²) in [6.45, 7) is 0. The van der Waals surface area contributed by atoms with Crippen LogP contribution in [0.1, 0.15) is 15.9 Å². The SMILES string of the molecule is Nc1nc(SCC(=O)OC(F)(F)c2ccc(F)c(F)c2F)ncc1C(=O)Nc1ccc(F)cc1. The largest absolute Gasteiger partial charge is 0.431 e. The van der Waals surface area contributed by atoms with Crippen LogP contribution >= 0.6 is 11.8 Å². The molecule has 34 heavy (non-hydrogen) atoms. The molecule has 0 aliphatic rings. The van der Waals surface area contributed by atoms with Gasteiger partial charge in [0.15, 0.2) is 22.6 Å². The van der Waals surface area contributed by atoms with Crippen molar-refractivity contribution < 1.29 is 40.7 Å². The number of nitrogens with two attached hydrogens (primary N) is 1. The number of anilines is 2. The minimum Gasteiger partial charge on any atom is -0.396 e. The van der Waals surface area contributed by atoms with Gasteiger partial charge in [-0.2, -0.15) is 8.78 Å². The predicted molar refractivity (Wildman–Crippen MR) is 108 cm³/mol. The molecular weight excluding hydrogens is 490 g/mol. The normalized spacial score (nSPS) is 11.2. The topological polar surface area (TPSA) is 107 Å². The summed E-state index contributed by atoms with van der Waals surface area (Å²) < 4.78 is 84.6. The van der Waals surface area contributed by atoms with Crippen molar-refractivity contribution in [3.05, 3.63) is 77.0 Å². The average Bonchev–Trinajstić information content (AvgIpc) is 2.77. The Labute approximate surface area is 191 Å². The highest BCUT2D eigenvalue weighted by atomic mass is 32.2. The molecule has 178 valence electrons. The minimum absolute atomic E-state index is 0.156. The lowest BCUT2D eigenvalue weighted by Gasteiger charge is -2.17. The summed E-state index contributed by atoms with van der Waals surface area (Å²) in [7, 11) is 0. The Kier molecular flexibility index (Phi) is 7.29. The summed E-state index contributed by atoms with van der Waals surface area (Å²) in [5, 5.41) is 2.25. The van der Waals surface area contributed by atoms with Crippen molar-refractivity contribution >= 4 is 35.1 Å². The van der Waals surface area contributed by atoms with Gasteiger partial charge in [-0.05, 0) is 36.4 Å². The Bertz CT molecular complexity index is 1240. The van der Waals surface area contributed by atoms with Crippen LogP contribution in [0.5, 0.6) is 0 Å². The lowest BCUT2D eigenvalue weighted by Crippen LogP contribution is -2.25. The lowest BCUT2D eigenvalue weighted by molar-refractivity contribution is -0.239. The van der Waals surface area contributed by atoms with Gasteiger partial charge in [-0.25, -0.2) is 27.5 Å². The van der Waals surface area contributed by atoms with E-state index in [-0.39, 0.29) is 34.4 Å². The standard InChI is InChI=1S/C20H12F6N4O3S/c21-9-1-3-10(4-2-9)29-18(32)11-7-28-19(30-17(11)27)34-8-14(31)33-20(25,26)12-5-6-13(22)16(24)15(12)23/h1-7H,8H2,(H,29,32)(H2,27,28,30). The van der Waals surface area contributed by atoms with Crippen LogP contribution in [0.2, 0.25) is 0 Å². The number of esters is 1. The third-order valence-corrected chi connectivity index (χ3v) is 4.89. The number of nitrogen functional groups attached to an aromatic ring is 1. The second-order valence-electron chi connectivity index (χ2n) is 6.41. The molecule has 2 aromatic carbocycles. The summed E-state index contributed by atoms with van der Waals surface area (Å²) in [5.74, 6) is -9.91. The van der Waals surface area contributed by atoms with Crippen LogP contribution in [0.15, 0.2) is 47.8 Å². The minimum atomic E-state index is -4.58. The molecule has 0 saturated carbocycles. The molecule has 0 aliphatic heterocycles. The fourth-order valence-electron chi connectivity index (χ4n) is 2.46. The quantitative estimate of drug-likeness (QED) is 0.164. The molecule has 3 N–H and O–H groups in total. The van der Waals surface area contributed by atoms with Crippen LogP contribution in [0.3, 0.4) is 0 Å². The highest BCUT2D eigenvalue weighted by Crippen LogP contribution is 2.33. The maximum atomic E-state index is 14.0. The predicted octanol–water partition coefficient (Wildman–Crippen LogP) is 4.25. The van der Waals surface area contributed by atoms with Crippen LogP contribution in [0.4, 0.5) is 37.8 Å². The van der Waals surface area contributed by atoms with E-state index < -0.39 is 52.6 Å². The van der Waals surface area contributed by atoms with Crippen LogP contribution in [0, 0.1) is 23.3 Å². The molecular formula is C20H12F6N4O3S. The number of hydrogen-bond acceptors (Lipinski definition) is 7. The molecule has 0 atom stereocenters. The van der Waals surface area contributed by atoms with Gasteiger partial charge in [0, 0.05) is 11.9 Å². The number of rotatable bonds is 7. The summed E-state index contributed by atoms with van der Waals surface area (Å²) in [4.78, 5) is 31.6. The van der Waals surface area contributed by atoms with Crippen molar-refractivity contribution in [2.45, 2.75) is 11.3 Å². The van der Waals surface area contributed by atoms with Gasteiger partial charge in [0.2, 0.25) is 0 Å². The van der Waals surface area contributed by atoms with E-state index in [1.165, 1.54) is 12.1 Å². The van der Waals surface area contributed by atoms with Gasteiger partial charge in [-0.1, -0.05) is 11.8 Å². The summed E-state index contributed by atoms with van der Waals surface area (Å²) in [5.41, 5.74) is 4.15. The van der Waals surface area contributed by atoms with E-state index in [2.05, 4.69) is 20.0 Å².